The van der Waals surface area contributed by atoms with Gasteiger partial charge in [-0.3, -0.25) is 24.0 Å². The van der Waals surface area contributed by atoms with Crippen molar-refractivity contribution in [2.45, 2.75) is 90.0 Å². The standard InChI is InChI=1S/2C6H13NO2.C5H11NO2S.C5H9NO2.C3H7NO3/c1-4(2)3-5(7)6(8)9;1-3-4(2)5(7)6(8)9;1-9-3-2-4(6)5(7)8;7-5(8)4-2-1-3-6-4;4-2(1-5)3(6)7/h2*4-5H,3,7H2,1-2H3,(H,8,9);4H,2-3,6H2,1H3,(H,7,8);4,6H,1-3H2,(H,7,8);2,5H,1,4H2,(H,6,7)/t;;;4-;/m...0./s1. The van der Waals surface area contributed by atoms with Gasteiger partial charge in [0.15, 0.2) is 0 Å². The van der Waals surface area contributed by atoms with Crippen LogP contribution in [0.25, 0.3) is 0 Å². The van der Waals surface area contributed by atoms with Gasteiger partial charge in [0.2, 0.25) is 0 Å². The minimum absolute atomic E-state index is 0.0718. The largest absolute Gasteiger partial charge is 0.480 e. The van der Waals surface area contributed by atoms with Crippen LogP contribution in [0.4, 0.5) is 0 Å². The summed E-state index contributed by atoms with van der Waals surface area (Å²) in [7, 11) is 0. The van der Waals surface area contributed by atoms with E-state index in [2.05, 4.69) is 5.32 Å². The summed E-state index contributed by atoms with van der Waals surface area (Å²) in [5.41, 5.74) is 20.4. The maximum atomic E-state index is 10.2. The fourth-order valence-electron chi connectivity index (χ4n) is 2.45. The number of hydrogen-bond acceptors (Lipinski definition) is 12. The molecule has 1 aliphatic heterocycles. The van der Waals surface area contributed by atoms with Gasteiger partial charge >= 0.3 is 29.8 Å². The van der Waals surface area contributed by atoms with E-state index in [0.717, 1.165) is 31.6 Å². The molecule has 0 saturated carbocycles. The highest BCUT2D eigenvalue weighted by atomic mass is 32.2. The number of rotatable bonds is 13. The number of aliphatic hydroxyl groups is 1. The minimum atomic E-state index is -1.18. The van der Waals surface area contributed by atoms with Crippen LogP contribution in [0.5, 0.6) is 0 Å². The Hall–Kier alpha value is -2.54. The molecule has 0 amide bonds. The smallest absolute Gasteiger partial charge is 0.322 e. The van der Waals surface area contributed by atoms with E-state index in [1.54, 1.807) is 11.8 Å². The first-order valence-electron chi connectivity index (χ1n) is 13.3. The van der Waals surface area contributed by atoms with Gasteiger partial charge < -0.3 is 58.9 Å². The van der Waals surface area contributed by atoms with Gasteiger partial charge in [0.25, 0.3) is 0 Å². The van der Waals surface area contributed by atoms with Crippen LogP contribution in [0, 0.1) is 11.8 Å². The van der Waals surface area contributed by atoms with E-state index in [-0.39, 0.29) is 12.0 Å². The fourth-order valence-corrected chi connectivity index (χ4v) is 2.94. The molecule has 42 heavy (non-hydrogen) atoms. The van der Waals surface area contributed by atoms with Gasteiger partial charge in [-0.1, -0.05) is 34.1 Å². The normalized spacial score (nSPS) is 17.0. The molecule has 1 fully saturated rings. The molecular formula is C25H53N5O11S. The molecule has 250 valence electrons. The van der Waals surface area contributed by atoms with Crippen molar-refractivity contribution in [1.29, 1.82) is 0 Å². The predicted molar refractivity (Wildman–Crippen MR) is 160 cm³/mol. The van der Waals surface area contributed by atoms with Crippen LogP contribution in [0.15, 0.2) is 0 Å². The topological polar surface area (TPSA) is 323 Å². The third kappa shape index (κ3) is 30.4. The average molecular weight is 632 g/mol. The highest BCUT2D eigenvalue weighted by molar-refractivity contribution is 7.98. The molecule has 0 aliphatic carbocycles. The molecule has 16 nitrogen and oxygen atoms in total. The van der Waals surface area contributed by atoms with Gasteiger partial charge in [-0.05, 0) is 56.1 Å². The number of nitrogens with one attached hydrogen (secondary N) is 1. The molecule has 1 heterocycles. The molecule has 15 N–H and O–H groups in total. The summed E-state index contributed by atoms with van der Waals surface area (Å²) < 4.78 is 0. The molecule has 0 aromatic heterocycles. The Bertz CT molecular complexity index is 756. The third-order valence-corrected chi connectivity index (χ3v) is 6.05. The van der Waals surface area contributed by atoms with Crippen molar-refractivity contribution < 1.29 is 54.6 Å². The summed E-state index contributed by atoms with van der Waals surface area (Å²) in [6.45, 7) is 8.00. The van der Waals surface area contributed by atoms with Crippen molar-refractivity contribution in [1.82, 2.24) is 5.32 Å². The van der Waals surface area contributed by atoms with Crippen LogP contribution in [-0.2, 0) is 24.0 Å². The maximum absolute atomic E-state index is 10.2. The van der Waals surface area contributed by atoms with E-state index in [1.807, 2.05) is 34.0 Å². The van der Waals surface area contributed by atoms with Crippen LogP contribution >= 0.6 is 11.8 Å². The first-order chi connectivity index (χ1) is 19.3. The lowest BCUT2D eigenvalue weighted by atomic mass is 10.0. The first kappa shape index (κ1) is 46.4. The van der Waals surface area contributed by atoms with E-state index < -0.39 is 60.6 Å². The molecule has 1 aliphatic rings. The SMILES string of the molecule is CC(C)CC(N)C(=O)O.CCC(C)C(N)C(=O)O.CSCCC(N)C(=O)O.NC(CO)C(=O)O.O=C(O)[C@@H]1CCCN1. The van der Waals surface area contributed by atoms with Crippen molar-refractivity contribution in [2.75, 3.05) is 25.2 Å². The van der Waals surface area contributed by atoms with Crippen molar-refractivity contribution in [3.8, 4) is 0 Å². The van der Waals surface area contributed by atoms with Crippen molar-refractivity contribution in [3.05, 3.63) is 0 Å². The molecule has 0 radical (unpaired) electrons. The molecule has 17 heteroatoms. The van der Waals surface area contributed by atoms with Gasteiger partial charge in [0.1, 0.15) is 30.2 Å². The Morgan fingerprint density at radius 2 is 1.31 bits per heavy atom. The molecule has 0 bridgehead atoms. The summed E-state index contributed by atoms with van der Waals surface area (Å²) in [5, 5.41) is 52.0. The third-order valence-electron chi connectivity index (χ3n) is 5.41. The summed E-state index contributed by atoms with van der Waals surface area (Å²) in [6, 6.07) is -3.47. The van der Waals surface area contributed by atoms with Crippen molar-refractivity contribution >= 4 is 41.6 Å². The number of aliphatic carboxylic acids is 5. The summed E-state index contributed by atoms with van der Waals surface area (Å²) in [5.74, 6) is -3.39. The minimum Gasteiger partial charge on any atom is -0.480 e. The molecule has 5 unspecified atom stereocenters. The zero-order chi connectivity index (χ0) is 34.0. The average Bonchev–Trinajstić information content (AvgIpc) is 3.47. The molecule has 1 rings (SSSR count). The summed E-state index contributed by atoms with van der Waals surface area (Å²) in [6.07, 6.45) is 5.63. The van der Waals surface area contributed by atoms with E-state index in [1.165, 1.54) is 0 Å². The maximum Gasteiger partial charge on any atom is 0.322 e. The van der Waals surface area contributed by atoms with Crippen molar-refractivity contribution in [2.24, 2.45) is 34.8 Å². The second-order valence-electron chi connectivity index (χ2n) is 9.66. The van der Waals surface area contributed by atoms with Gasteiger partial charge in [-0.2, -0.15) is 11.8 Å². The zero-order valence-corrected chi connectivity index (χ0v) is 26.0. The van der Waals surface area contributed by atoms with Crippen LogP contribution in [0.3, 0.4) is 0 Å². The lowest BCUT2D eigenvalue weighted by Crippen LogP contribution is -2.36. The lowest BCUT2D eigenvalue weighted by molar-refractivity contribution is -0.140. The van der Waals surface area contributed by atoms with Crippen LogP contribution in [0.2, 0.25) is 0 Å². The number of nitrogens with two attached hydrogens (primary N) is 4. The zero-order valence-electron chi connectivity index (χ0n) is 25.1. The van der Waals surface area contributed by atoms with Crippen LogP contribution in [0.1, 0.15) is 59.8 Å². The Morgan fingerprint density at radius 3 is 1.48 bits per heavy atom. The van der Waals surface area contributed by atoms with Gasteiger partial charge in [0.05, 0.1) is 6.61 Å². The van der Waals surface area contributed by atoms with E-state index in [9.17, 15) is 24.0 Å². The molecule has 0 aromatic rings. The Morgan fingerprint density at radius 1 is 0.833 bits per heavy atom. The molecular weight excluding hydrogens is 578 g/mol. The fraction of sp³-hybridized carbons (Fsp3) is 0.800. The molecule has 1 saturated heterocycles. The Balaban J connectivity index is -0.000000215. The van der Waals surface area contributed by atoms with Crippen LogP contribution in [-0.4, -0.2) is 116 Å². The Labute approximate surface area is 251 Å². The number of carboxylic acids is 5. The predicted octanol–water partition coefficient (Wildman–Crippen LogP) is -0.746. The number of carboxylic acid groups (broad SMARTS) is 5. The molecule has 0 spiro atoms. The van der Waals surface area contributed by atoms with Gasteiger partial charge in [0, 0.05) is 0 Å². The second-order valence-corrected chi connectivity index (χ2v) is 10.7. The number of hydrogen-bond donors (Lipinski definition) is 11. The molecule has 0 aromatic carbocycles. The van der Waals surface area contributed by atoms with E-state index in [4.69, 9.17) is 53.6 Å². The molecule has 6 atom stereocenters. The van der Waals surface area contributed by atoms with E-state index in [0.29, 0.717) is 18.8 Å². The first-order valence-corrected chi connectivity index (χ1v) is 14.7. The summed E-state index contributed by atoms with van der Waals surface area (Å²) in [4.78, 5) is 50.1. The lowest BCUT2D eigenvalue weighted by Gasteiger charge is -2.11. The van der Waals surface area contributed by atoms with Crippen molar-refractivity contribution in [3.63, 3.8) is 0 Å². The second kappa shape index (κ2) is 28.6. The number of aliphatic hydroxyl groups excluding tert-OH is 1. The quantitative estimate of drug-likeness (QED) is 0.119. The number of thioether (sulfide) groups is 1. The summed E-state index contributed by atoms with van der Waals surface area (Å²) >= 11 is 1.60. The highest BCUT2D eigenvalue weighted by Gasteiger charge is 2.20. The van der Waals surface area contributed by atoms with Crippen LogP contribution < -0.4 is 28.3 Å². The van der Waals surface area contributed by atoms with E-state index >= 15 is 0 Å². The van der Waals surface area contributed by atoms with Gasteiger partial charge in [-0.25, -0.2) is 0 Å². The van der Waals surface area contributed by atoms with Gasteiger partial charge in [-0.15, -0.1) is 0 Å². The monoisotopic (exact) mass is 631 g/mol. The number of carbonyl (C=O) groups is 5. The Kier molecular flexibility index (Phi) is 31.6. The highest BCUT2D eigenvalue weighted by Crippen LogP contribution is 2.05.